The molecule has 1 aliphatic rings. The number of epoxide rings is 1. The number of ether oxygens (including phenoxy) is 2. The number of carbonyl (C=O) groups is 4. The second-order valence-corrected chi connectivity index (χ2v) is 8.50. The van der Waals surface area contributed by atoms with Crippen molar-refractivity contribution in [3.05, 3.63) is 17.5 Å². The van der Waals surface area contributed by atoms with Gasteiger partial charge in [-0.1, -0.05) is 19.0 Å². The van der Waals surface area contributed by atoms with Crippen molar-refractivity contribution < 1.29 is 33.2 Å². The Morgan fingerprint density at radius 2 is 1.88 bits per heavy atom. The normalized spacial score (nSPS) is 19.2. The smallest absolute Gasteiger partial charge is 0.274 e. The van der Waals surface area contributed by atoms with Crippen LogP contribution in [-0.4, -0.2) is 73.2 Å². The molecule has 1 aliphatic heterocycles. The molecule has 0 spiro atoms. The van der Waals surface area contributed by atoms with Gasteiger partial charge in [-0.3, -0.25) is 19.2 Å². The Morgan fingerprint density at radius 3 is 2.41 bits per heavy atom. The molecule has 2 rings (SSSR count). The summed E-state index contributed by atoms with van der Waals surface area (Å²) in [6, 6.07) is -0.309. The van der Waals surface area contributed by atoms with Crippen LogP contribution in [0.5, 0.6) is 0 Å². The molecular formula is C21H32N4O7. The standard InChI is InChI=1S/C21H32N4O7/c1-12(2)6-7-14(18(27)21(4)11-31-21)23-17(26)9-22-19(28)16(10-30-5)24-20(29)15-8-13(3)32-25-15/h8,12,14,16H,6-7,9-11H2,1-5H3,(H,22,28)(H,23,26)(H,24,29). The Balaban J connectivity index is 1.90. The highest BCUT2D eigenvalue weighted by atomic mass is 16.6. The van der Waals surface area contributed by atoms with E-state index in [1.807, 2.05) is 13.8 Å². The van der Waals surface area contributed by atoms with E-state index in [9.17, 15) is 19.2 Å². The van der Waals surface area contributed by atoms with E-state index in [2.05, 4.69) is 21.1 Å². The third-order valence-corrected chi connectivity index (χ3v) is 5.02. The van der Waals surface area contributed by atoms with Gasteiger partial charge < -0.3 is 29.9 Å². The number of nitrogens with zero attached hydrogens (tertiary/aromatic N) is 1. The molecule has 1 fully saturated rings. The highest BCUT2D eigenvalue weighted by molar-refractivity contribution is 5.98. The predicted molar refractivity (Wildman–Crippen MR) is 113 cm³/mol. The van der Waals surface area contributed by atoms with Crippen LogP contribution in [-0.2, 0) is 23.9 Å². The Labute approximate surface area is 186 Å². The van der Waals surface area contributed by atoms with Gasteiger partial charge in [0.15, 0.2) is 11.5 Å². The molecule has 3 atom stereocenters. The van der Waals surface area contributed by atoms with E-state index in [1.54, 1.807) is 13.8 Å². The largest absolute Gasteiger partial charge is 0.382 e. The first-order chi connectivity index (χ1) is 15.1. The number of amides is 3. The highest BCUT2D eigenvalue weighted by Crippen LogP contribution is 2.29. The van der Waals surface area contributed by atoms with Crippen molar-refractivity contribution in [2.24, 2.45) is 5.92 Å². The maximum Gasteiger partial charge on any atom is 0.274 e. The van der Waals surface area contributed by atoms with E-state index in [1.165, 1.54) is 13.2 Å². The molecule has 1 saturated heterocycles. The van der Waals surface area contributed by atoms with Crippen LogP contribution in [0.1, 0.15) is 49.9 Å². The molecule has 0 radical (unpaired) electrons. The molecule has 0 saturated carbocycles. The Hall–Kier alpha value is -2.79. The minimum atomic E-state index is -1.05. The lowest BCUT2D eigenvalue weighted by Crippen LogP contribution is -2.53. The van der Waals surface area contributed by atoms with Gasteiger partial charge in [0.1, 0.15) is 17.4 Å². The molecule has 2 heterocycles. The minimum Gasteiger partial charge on any atom is -0.382 e. The number of hydrogen-bond donors (Lipinski definition) is 3. The summed E-state index contributed by atoms with van der Waals surface area (Å²) in [6.07, 6.45) is 1.23. The SMILES string of the molecule is COCC(NC(=O)c1cc(C)on1)C(=O)NCC(=O)NC(CCC(C)C)C(=O)C1(C)CO1. The summed E-state index contributed by atoms with van der Waals surface area (Å²) >= 11 is 0. The van der Waals surface area contributed by atoms with E-state index in [0.29, 0.717) is 24.7 Å². The first-order valence-electron chi connectivity index (χ1n) is 10.5. The monoisotopic (exact) mass is 452 g/mol. The number of ketones is 1. The van der Waals surface area contributed by atoms with Crippen LogP contribution in [0.25, 0.3) is 0 Å². The summed E-state index contributed by atoms with van der Waals surface area (Å²) < 4.78 is 15.1. The molecule has 0 aliphatic carbocycles. The average Bonchev–Trinajstić information content (AvgIpc) is 3.34. The zero-order valence-electron chi connectivity index (χ0n) is 19.1. The van der Waals surface area contributed by atoms with E-state index in [0.717, 1.165) is 6.42 Å². The second kappa shape index (κ2) is 11.2. The van der Waals surface area contributed by atoms with Crippen LogP contribution in [0.4, 0.5) is 0 Å². The van der Waals surface area contributed by atoms with Crippen LogP contribution in [0.2, 0.25) is 0 Å². The van der Waals surface area contributed by atoms with Gasteiger partial charge in [-0.15, -0.1) is 0 Å². The third-order valence-electron chi connectivity index (χ3n) is 5.02. The Kier molecular flexibility index (Phi) is 8.90. The van der Waals surface area contributed by atoms with Gasteiger partial charge >= 0.3 is 0 Å². The Bertz CT molecular complexity index is 832. The van der Waals surface area contributed by atoms with Gasteiger partial charge in [-0.05, 0) is 32.6 Å². The van der Waals surface area contributed by atoms with Gasteiger partial charge in [0.05, 0.1) is 25.8 Å². The summed E-state index contributed by atoms with van der Waals surface area (Å²) in [4.78, 5) is 49.8. The summed E-state index contributed by atoms with van der Waals surface area (Å²) in [7, 11) is 1.38. The van der Waals surface area contributed by atoms with E-state index >= 15 is 0 Å². The molecule has 11 nitrogen and oxygen atoms in total. The van der Waals surface area contributed by atoms with Crippen LogP contribution in [0.3, 0.4) is 0 Å². The fourth-order valence-corrected chi connectivity index (χ4v) is 2.98. The van der Waals surface area contributed by atoms with Gasteiger partial charge in [0.2, 0.25) is 11.8 Å². The molecule has 32 heavy (non-hydrogen) atoms. The minimum absolute atomic E-state index is 0.0245. The molecule has 178 valence electrons. The highest BCUT2D eigenvalue weighted by Gasteiger charge is 2.49. The predicted octanol–water partition coefficient (Wildman–Crippen LogP) is 0.123. The summed E-state index contributed by atoms with van der Waals surface area (Å²) in [5, 5.41) is 11.2. The van der Waals surface area contributed by atoms with Crippen LogP contribution < -0.4 is 16.0 Å². The fraction of sp³-hybridized carbons (Fsp3) is 0.667. The topological polar surface area (TPSA) is 152 Å². The molecule has 3 N–H and O–H groups in total. The maximum atomic E-state index is 12.7. The Morgan fingerprint density at radius 1 is 1.19 bits per heavy atom. The van der Waals surface area contributed by atoms with Crippen molar-refractivity contribution in [1.29, 1.82) is 0 Å². The lowest BCUT2D eigenvalue weighted by Gasteiger charge is -2.21. The molecule has 1 aromatic heterocycles. The van der Waals surface area contributed by atoms with Crippen molar-refractivity contribution in [3.8, 4) is 0 Å². The van der Waals surface area contributed by atoms with Crippen molar-refractivity contribution >= 4 is 23.5 Å². The van der Waals surface area contributed by atoms with E-state index in [4.69, 9.17) is 14.0 Å². The molecule has 1 aromatic rings. The van der Waals surface area contributed by atoms with E-state index in [-0.39, 0.29) is 24.6 Å². The van der Waals surface area contributed by atoms with Crippen molar-refractivity contribution in [2.75, 3.05) is 26.9 Å². The molecule has 0 aromatic carbocycles. The molecule has 0 bridgehead atoms. The van der Waals surface area contributed by atoms with Gasteiger partial charge in [-0.25, -0.2) is 0 Å². The summed E-state index contributed by atoms with van der Waals surface area (Å²) in [5.41, 5.74) is -0.831. The maximum absolute atomic E-state index is 12.7. The lowest BCUT2D eigenvalue weighted by atomic mass is 9.94. The van der Waals surface area contributed by atoms with Crippen LogP contribution >= 0.6 is 0 Å². The summed E-state index contributed by atoms with van der Waals surface area (Å²) in [6.45, 7) is 7.26. The van der Waals surface area contributed by atoms with Crippen molar-refractivity contribution in [1.82, 2.24) is 21.1 Å². The first kappa shape index (κ1) is 25.5. The number of hydrogen-bond acceptors (Lipinski definition) is 8. The fourth-order valence-electron chi connectivity index (χ4n) is 2.98. The average molecular weight is 453 g/mol. The molecule has 3 amide bonds. The number of methoxy groups -OCH3 is 1. The number of aryl methyl sites for hydroxylation is 1. The van der Waals surface area contributed by atoms with Crippen molar-refractivity contribution in [2.45, 2.75) is 58.2 Å². The number of rotatable bonds is 13. The zero-order valence-corrected chi connectivity index (χ0v) is 19.1. The molecule has 11 heteroatoms. The first-order valence-corrected chi connectivity index (χ1v) is 10.5. The molecule has 3 unspecified atom stereocenters. The van der Waals surface area contributed by atoms with Gasteiger partial charge in [0.25, 0.3) is 5.91 Å². The van der Waals surface area contributed by atoms with Crippen LogP contribution in [0, 0.1) is 12.8 Å². The van der Waals surface area contributed by atoms with Gasteiger partial charge in [-0.2, -0.15) is 0 Å². The number of carbonyl (C=O) groups excluding carboxylic acids is 4. The van der Waals surface area contributed by atoms with Crippen molar-refractivity contribution in [3.63, 3.8) is 0 Å². The lowest BCUT2D eigenvalue weighted by molar-refractivity contribution is -0.131. The number of aromatic nitrogens is 1. The number of Topliss-reactive ketones (excluding diaryl/α,β-unsaturated/α-hetero) is 1. The third kappa shape index (κ3) is 7.41. The second-order valence-electron chi connectivity index (χ2n) is 8.50. The zero-order chi connectivity index (χ0) is 23.9. The van der Waals surface area contributed by atoms with Crippen LogP contribution in [0.15, 0.2) is 10.6 Å². The molecular weight excluding hydrogens is 420 g/mol. The van der Waals surface area contributed by atoms with Gasteiger partial charge in [0, 0.05) is 13.2 Å². The number of nitrogens with one attached hydrogen (secondary N) is 3. The quantitative estimate of drug-likeness (QED) is 0.357. The summed E-state index contributed by atoms with van der Waals surface area (Å²) in [5.74, 6) is -1.10. The van der Waals surface area contributed by atoms with E-state index < -0.39 is 35.4 Å².